The second-order valence-electron chi connectivity index (χ2n) is 5.15. The van der Waals surface area contributed by atoms with E-state index in [9.17, 15) is 13.2 Å². The van der Waals surface area contributed by atoms with E-state index in [1.54, 1.807) is 12.1 Å². The predicted molar refractivity (Wildman–Crippen MR) is 98.2 cm³/mol. The number of hydrogen-bond donors (Lipinski definition) is 2. The van der Waals surface area contributed by atoms with Gasteiger partial charge in [-0.3, -0.25) is 14.8 Å². The van der Waals surface area contributed by atoms with Gasteiger partial charge in [-0.15, -0.1) is 10.2 Å². The number of anilines is 2. The highest BCUT2D eigenvalue weighted by Gasteiger charge is 2.16. The van der Waals surface area contributed by atoms with Crippen LogP contribution in [0.3, 0.4) is 0 Å². The standard InChI is InChI=1S/C16H14N4O3S2/c1-25(22,23)20-13-10-6-5-9-12(13)14(21)17-16-19-18-15(24-16)11-7-3-2-4-8-11/h2-10,20H,1H3,(H,17,19,21). The number of rotatable bonds is 5. The highest BCUT2D eigenvalue weighted by atomic mass is 32.2. The van der Waals surface area contributed by atoms with Crippen molar-refractivity contribution >= 4 is 38.1 Å². The van der Waals surface area contributed by atoms with Gasteiger partial charge in [0.25, 0.3) is 5.91 Å². The summed E-state index contributed by atoms with van der Waals surface area (Å²) in [7, 11) is -3.49. The van der Waals surface area contributed by atoms with Gasteiger partial charge in [0.15, 0.2) is 0 Å². The Kier molecular flexibility index (Phi) is 4.77. The van der Waals surface area contributed by atoms with Crippen LogP contribution in [0, 0.1) is 0 Å². The lowest BCUT2D eigenvalue weighted by Crippen LogP contribution is -2.17. The zero-order valence-corrected chi connectivity index (χ0v) is 14.8. The summed E-state index contributed by atoms with van der Waals surface area (Å²) in [6.45, 7) is 0. The largest absolute Gasteiger partial charge is 0.296 e. The Hall–Kier alpha value is -2.78. The molecule has 1 heterocycles. The van der Waals surface area contributed by atoms with E-state index in [4.69, 9.17) is 0 Å². The third-order valence-electron chi connectivity index (χ3n) is 3.13. The molecule has 0 aliphatic rings. The number of benzene rings is 2. The van der Waals surface area contributed by atoms with Crippen molar-refractivity contribution < 1.29 is 13.2 Å². The zero-order valence-electron chi connectivity index (χ0n) is 13.1. The molecule has 0 saturated carbocycles. The molecule has 0 unspecified atom stereocenters. The van der Waals surface area contributed by atoms with Crippen LogP contribution in [0.4, 0.5) is 10.8 Å². The second kappa shape index (κ2) is 6.99. The Balaban J connectivity index is 1.81. The number of nitrogens with zero attached hydrogens (tertiary/aromatic N) is 2. The maximum absolute atomic E-state index is 12.5. The normalized spacial score (nSPS) is 11.1. The smallest absolute Gasteiger partial charge is 0.259 e. The van der Waals surface area contributed by atoms with E-state index in [2.05, 4.69) is 20.2 Å². The van der Waals surface area contributed by atoms with Crippen molar-refractivity contribution in [1.29, 1.82) is 0 Å². The molecule has 25 heavy (non-hydrogen) atoms. The van der Waals surface area contributed by atoms with Gasteiger partial charge >= 0.3 is 0 Å². The van der Waals surface area contributed by atoms with Gasteiger partial charge in [-0.25, -0.2) is 8.42 Å². The number of carbonyl (C=O) groups excluding carboxylic acids is 1. The Morgan fingerprint density at radius 2 is 1.68 bits per heavy atom. The third-order valence-corrected chi connectivity index (χ3v) is 4.61. The highest BCUT2D eigenvalue weighted by molar-refractivity contribution is 7.92. The van der Waals surface area contributed by atoms with Crippen LogP contribution in [0.25, 0.3) is 10.6 Å². The minimum absolute atomic E-state index is 0.199. The van der Waals surface area contributed by atoms with E-state index < -0.39 is 15.9 Å². The van der Waals surface area contributed by atoms with Gasteiger partial charge in [-0.05, 0) is 12.1 Å². The van der Waals surface area contributed by atoms with Crippen molar-refractivity contribution in [3.63, 3.8) is 0 Å². The van der Waals surface area contributed by atoms with E-state index >= 15 is 0 Å². The van der Waals surface area contributed by atoms with Crippen LogP contribution in [-0.4, -0.2) is 30.8 Å². The third kappa shape index (κ3) is 4.40. The molecule has 3 rings (SSSR count). The van der Waals surface area contributed by atoms with Crippen LogP contribution < -0.4 is 10.0 Å². The fourth-order valence-corrected chi connectivity index (χ4v) is 3.43. The van der Waals surface area contributed by atoms with Crippen LogP contribution >= 0.6 is 11.3 Å². The Morgan fingerprint density at radius 1 is 1.00 bits per heavy atom. The molecule has 2 N–H and O–H groups in total. The molecule has 0 atom stereocenters. The van der Waals surface area contributed by atoms with Gasteiger partial charge in [0.05, 0.1) is 17.5 Å². The topological polar surface area (TPSA) is 101 Å². The second-order valence-corrected chi connectivity index (χ2v) is 7.88. The van der Waals surface area contributed by atoms with Gasteiger partial charge in [0.1, 0.15) is 5.01 Å². The maximum atomic E-state index is 12.5. The molecule has 0 aliphatic heterocycles. The van der Waals surface area contributed by atoms with Crippen molar-refractivity contribution in [3.8, 4) is 10.6 Å². The molecular weight excluding hydrogens is 360 g/mol. The average molecular weight is 374 g/mol. The molecule has 3 aromatic rings. The molecule has 0 bridgehead atoms. The van der Waals surface area contributed by atoms with Crippen LogP contribution in [0.15, 0.2) is 54.6 Å². The van der Waals surface area contributed by atoms with E-state index in [0.29, 0.717) is 10.1 Å². The van der Waals surface area contributed by atoms with Gasteiger partial charge in [0.2, 0.25) is 15.2 Å². The minimum Gasteiger partial charge on any atom is -0.296 e. The van der Waals surface area contributed by atoms with Gasteiger partial charge < -0.3 is 0 Å². The molecule has 1 aromatic heterocycles. The molecule has 128 valence electrons. The number of aromatic nitrogens is 2. The molecule has 2 aromatic carbocycles. The lowest BCUT2D eigenvalue weighted by Gasteiger charge is -2.09. The highest BCUT2D eigenvalue weighted by Crippen LogP contribution is 2.27. The lowest BCUT2D eigenvalue weighted by molar-refractivity contribution is 0.102. The summed E-state index contributed by atoms with van der Waals surface area (Å²) >= 11 is 1.24. The van der Waals surface area contributed by atoms with E-state index in [1.807, 2.05) is 30.3 Å². The van der Waals surface area contributed by atoms with Crippen molar-refractivity contribution in [2.45, 2.75) is 0 Å². The number of nitrogens with one attached hydrogen (secondary N) is 2. The number of sulfonamides is 1. The maximum Gasteiger partial charge on any atom is 0.259 e. The summed E-state index contributed by atoms with van der Waals surface area (Å²) in [5, 5.41) is 11.7. The molecular formula is C16H14N4O3S2. The van der Waals surface area contributed by atoms with Gasteiger partial charge in [0, 0.05) is 5.56 Å². The number of para-hydroxylation sites is 1. The molecule has 0 aliphatic carbocycles. The van der Waals surface area contributed by atoms with Crippen molar-refractivity contribution in [2.75, 3.05) is 16.3 Å². The molecule has 0 radical (unpaired) electrons. The van der Waals surface area contributed by atoms with E-state index in [1.165, 1.54) is 23.5 Å². The first-order valence-electron chi connectivity index (χ1n) is 7.19. The fraction of sp³-hybridized carbons (Fsp3) is 0.0625. The Labute approximate surface area is 148 Å². The summed E-state index contributed by atoms with van der Waals surface area (Å²) in [4.78, 5) is 12.5. The van der Waals surface area contributed by atoms with Crippen LogP contribution in [0.5, 0.6) is 0 Å². The summed E-state index contributed by atoms with van der Waals surface area (Å²) in [5.41, 5.74) is 1.30. The monoisotopic (exact) mass is 374 g/mol. The minimum atomic E-state index is -3.49. The quantitative estimate of drug-likeness (QED) is 0.715. The van der Waals surface area contributed by atoms with Crippen molar-refractivity contribution in [3.05, 3.63) is 60.2 Å². The van der Waals surface area contributed by atoms with Crippen LogP contribution in [0.2, 0.25) is 0 Å². The molecule has 0 saturated heterocycles. The summed E-state index contributed by atoms with van der Waals surface area (Å²) < 4.78 is 25.2. The Morgan fingerprint density at radius 3 is 2.40 bits per heavy atom. The predicted octanol–water partition coefficient (Wildman–Crippen LogP) is 2.83. The van der Waals surface area contributed by atoms with Gasteiger partial charge in [-0.1, -0.05) is 53.8 Å². The molecule has 7 nitrogen and oxygen atoms in total. The SMILES string of the molecule is CS(=O)(=O)Nc1ccccc1C(=O)Nc1nnc(-c2ccccc2)s1. The molecule has 1 amide bonds. The van der Waals surface area contributed by atoms with Crippen LogP contribution in [-0.2, 0) is 10.0 Å². The average Bonchev–Trinajstić information content (AvgIpc) is 3.03. The summed E-state index contributed by atoms with van der Waals surface area (Å²) in [5.74, 6) is -0.470. The first-order chi connectivity index (χ1) is 11.9. The van der Waals surface area contributed by atoms with Crippen molar-refractivity contribution in [2.24, 2.45) is 0 Å². The van der Waals surface area contributed by atoms with Crippen molar-refractivity contribution in [1.82, 2.24) is 10.2 Å². The fourth-order valence-electron chi connectivity index (χ4n) is 2.11. The van der Waals surface area contributed by atoms with Crippen LogP contribution in [0.1, 0.15) is 10.4 Å². The summed E-state index contributed by atoms with van der Waals surface area (Å²) in [6, 6.07) is 15.8. The van der Waals surface area contributed by atoms with E-state index in [-0.39, 0.29) is 11.3 Å². The lowest BCUT2D eigenvalue weighted by atomic mass is 10.2. The van der Waals surface area contributed by atoms with Gasteiger partial charge in [-0.2, -0.15) is 0 Å². The molecule has 9 heteroatoms. The van der Waals surface area contributed by atoms with E-state index in [0.717, 1.165) is 11.8 Å². The Bertz CT molecular complexity index is 1000. The number of carbonyl (C=O) groups is 1. The molecule has 0 spiro atoms. The number of amides is 1. The summed E-state index contributed by atoms with van der Waals surface area (Å²) in [6.07, 6.45) is 1.03. The first-order valence-corrected chi connectivity index (χ1v) is 9.90. The number of hydrogen-bond acceptors (Lipinski definition) is 6. The zero-order chi connectivity index (χ0) is 17.9. The first kappa shape index (κ1) is 17.1. The molecule has 0 fully saturated rings.